The summed E-state index contributed by atoms with van der Waals surface area (Å²) in [5, 5.41) is 9.28. The fourth-order valence-corrected chi connectivity index (χ4v) is 2.53. The summed E-state index contributed by atoms with van der Waals surface area (Å²) < 4.78 is 37.4. The van der Waals surface area contributed by atoms with E-state index in [4.69, 9.17) is 0 Å². The number of carboxylic acids is 1. The second-order valence-electron chi connectivity index (χ2n) is 5.30. The van der Waals surface area contributed by atoms with Gasteiger partial charge in [0.1, 0.15) is 5.54 Å². The third-order valence-corrected chi connectivity index (χ3v) is 3.90. The number of aliphatic carboxylic acids is 1. The summed E-state index contributed by atoms with van der Waals surface area (Å²) in [5.41, 5.74) is -0.932. The number of carboxylic acid groups (broad SMARTS) is 1. The minimum atomic E-state index is -4.35. The van der Waals surface area contributed by atoms with E-state index < -0.39 is 23.2 Å². The van der Waals surface area contributed by atoms with Crippen molar-refractivity contribution in [2.75, 3.05) is 6.54 Å². The number of halogens is 3. The average molecular weight is 287 g/mol. The van der Waals surface area contributed by atoms with Crippen molar-refractivity contribution in [2.24, 2.45) is 0 Å². The Labute approximate surface area is 115 Å². The molecule has 20 heavy (non-hydrogen) atoms. The first-order valence-electron chi connectivity index (χ1n) is 6.38. The molecule has 110 valence electrons. The molecule has 0 aromatic heterocycles. The number of benzene rings is 1. The van der Waals surface area contributed by atoms with Crippen LogP contribution in [0.4, 0.5) is 13.2 Å². The molecule has 0 spiro atoms. The molecular formula is C14H16F3NO2. The van der Waals surface area contributed by atoms with Gasteiger partial charge in [-0.15, -0.1) is 0 Å². The van der Waals surface area contributed by atoms with Crippen molar-refractivity contribution in [3.8, 4) is 0 Å². The highest BCUT2D eigenvalue weighted by Crippen LogP contribution is 2.32. The van der Waals surface area contributed by atoms with Gasteiger partial charge >= 0.3 is 12.1 Å². The number of alkyl halides is 3. The SMILES string of the molecule is C[C@]1(C(=O)O)CCCN1Cc1ccc(C(F)(F)F)cc1. The van der Waals surface area contributed by atoms with Crippen LogP contribution in [0.5, 0.6) is 0 Å². The lowest BCUT2D eigenvalue weighted by Gasteiger charge is -2.31. The highest BCUT2D eigenvalue weighted by Gasteiger charge is 2.43. The van der Waals surface area contributed by atoms with Crippen LogP contribution >= 0.6 is 0 Å². The molecule has 1 aliphatic heterocycles. The van der Waals surface area contributed by atoms with Gasteiger partial charge in [-0.2, -0.15) is 13.2 Å². The Morgan fingerprint density at radius 2 is 1.95 bits per heavy atom. The highest BCUT2D eigenvalue weighted by atomic mass is 19.4. The number of nitrogens with zero attached hydrogens (tertiary/aromatic N) is 1. The van der Waals surface area contributed by atoms with Crippen LogP contribution in [0.25, 0.3) is 0 Å². The minimum Gasteiger partial charge on any atom is -0.480 e. The Morgan fingerprint density at radius 1 is 1.35 bits per heavy atom. The van der Waals surface area contributed by atoms with Gasteiger partial charge in [-0.1, -0.05) is 12.1 Å². The molecule has 0 radical (unpaired) electrons. The minimum absolute atomic E-state index is 0.348. The fraction of sp³-hybridized carbons (Fsp3) is 0.500. The largest absolute Gasteiger partial charge is 0.480 e. The molecule has 2 rings (SSSR count). The van der Waals surface area contributed by atoms with Crippen LogP contribution in [0.2, 0.25) is 0 Å². The van der Waals surface area contributed by atoms with Gasteiger partial charge in [0.15, 0.2) is 0 Å². The molecule has 1 saturated heterocycles. The van der Waals surface area contributed by atoms with Gasteiger partial charge in [-0.05, 0) is 44.0 Å². The summed E-state index contributed by atoms with van der Waals surface area (Å²) in [4.78, 5) is 13.1. The van der Waals surface area contributed by atoms with E-state index in [1.807, 2.05) is 0 Å². The maximum Gasteiger partial charge on any atom is 0.416 e. The van der Waals surface area contributed by atoms with Gasteiger partial charge in [0.05, 0.1) is 5.56 Å². The molecule has 1 aliphatic rings. The third-order valence-electron chi connectivity index (χ3n) is 3.90. The Bertz CT molecular complexity index is 498. The van der Waals surface area contributed by atoms with Crippen molar-refractivity contribution in [3.63, 3.8) is 0 Å². The third kappa shape index (κ3) is 2.80. The maximum absolute atomic E-state index is 12.5. The fourth-order valence-electron chi connectivity index (χ4n) is 2.53. The van der Waals surface area contributed by atoms with E-state index in [1.54, 1.807) is 11.8 Å². The number of likely N-dealkylation sites (tertiary alicyclic amines) is 1. The standard InChI is InChI=1S/C14H16F3NO2/c1-13(12(19)20)7-2-8-18(13)9-10-3-5-11(6-4-10)14(15,16)17/h3-6H,2,7-9H2,1H3,(H,19,20)/t13-/m1/s1. The molecule has 3 nitrogen and oxygen atoms in total. The molecule has 0 saturated carbocycles. The first-order valence-corrected chi connectivity index (χ1v) is 6.38. The van der Waals surface area contributed by atoms with Gasteiger partial charge in [0, 0.05) is 6.54 Å². The topological polar surface area (TPSA) is 40.5 Å². The van der Waals surface area contributed by atoms with Gasteiger partial charge in [0.25, 0.3) is 0 Å². The van der Waals surface area contributed by atoms with Crippen molar-refractivity contribution in [1.82, 2.24) is 4.90 Å². The second-order valence-corrected chi connectivity index (χ2v) is 5.30. The van der Waals surface area contributed by atoms with Crippen molar-refractivity contribution < 1.29 is 23.1 Å². The predicted octanol–water partition coefficient (Wildman–Crippen LogP) is 3.14. The summed E-state index contributed by atoms with van der Waals surface area (Å²) in [6, 6.07) is 4.87. The van der Waals surface area contributed by atoms with Crippen molar-refractivity contribution >= 4 is 5.97 Å². The predicted molar refractivity (Wildman–Crippen MR) is 67.1 cm³/mol. The smallest absolute Gasteiger partial charge is 0.416 e. The molecule has 1 N–H and O–H groups in total. The summed E-state index contributed by atoms with van der Waals surface area (Å²) in [6.07, 6.45) is -3.01. The van der Waals surface area contributed by atoms with E-state index in [1.165, 1.54) is 12.1 Å². The Kier molecular flexibility index (Phi) is 3.77. The maximum atomic E-state index is 12.5. The lowest BCUT2D eigenvalue weighted by Crippen LogP contribution is -2.47. The molecule has 1 heterocycles. The molecule has 1 atom stereocenters. The van der Waals surface area contributed by atoms with Crippen LogP contribution < -0.4 is 0 Å². The van der Waals surface area contributed by atoms with Crippen LogP contribution in [0.1, 0.15) is 30.9 Å². The monoisotopic (exact) mass is 287 g/mol. The van der Waals surface area contributed by atoms with Crippen LogP contribution in [-0.4, -0.2) is 28.1 Å². The quantitative estimate of drug-likeness (QED) is 0.928. The van der Waals surface area contributed by atoms with Crippen LogP contribution in [-0.2, 0) is 17.5 Å². The Hall–Kier alpha value is -1.56. The van der Waals surface area contributed by atoms with E-state index in [0.717, 1.165) is 18.6 Å². The lowest BCUT2D eigenvalue weighted by atomic mass is 9.98. The first-order chi connectivity index (χ1) is 9.23. The first kappa shape index (κ1) is 14.8. The molecule has 0 aliphatic carbocycles. The molecule has 0 unspecified atom stereocenters. The second kappa shape index (κ2) is 5.09. The molecular weight excluding hydrogens is 271 g/mol. The summed E-state index contributed by atoms with van der Waals surface area (Å²) >= 11 is 0. The summed E-state index contributed by atoms with van der Waals surface area (Å²) in [5.74, 6) is -0.887. The molecule has 1 aromatic carbocycles. The zero-order valence-corrected chi connectivity index (χ0v) is 11.1. The van der Waals surface area contributed by atoms with Gasteiger partial charge < -0.3 is 5.11 Å². The lowest BCUT2D eigenvalue weighted by molar-refractivity contribution is -0.148. The normalized spacial score (nSPS) is 24.0. The Morgan fingerprint density at radius 3 is 2.45 bits per heavy atom. The van der Waals surface area contributed by atoms with Crippen LogP contribution in [0.3, 0.4) is 0 Å². The van der Waals surface area contributed by atoms with Gasteiger partial charge in [0.2, 0.25) is 0 Å². The Balaban J connectivity index is 2.13. The van der Waals surface area contributed by atoms with Gasteiger partial charge in [-0.3, -0.25) is 9.69 Å². The molecule has 1 aromatic rings. The van der Waals surface area contributed by atoms with Crippen LogP contribution in [0.15, 0.2) is 24.3 Å². The van der Waals surface area contributed by atoms with E-state index >= 15 is 0 Å². The average Bonchev–Trinajstić information content (AvgIpc) is 2.72. The van der Waals surface area contributed by atoms with Crippen LogP contribution in [0, 0.1) is 0 Å². The molecule has 1 fully saturated rings. The van der Waals surface area contributed by atoms with Crippen molar-refractivity contribution in [3.05, 3.63) is 35.4 Å². The van der Waals surface area contributed by atoms with E-state index in [-0.39, 0.29) is 0 Å². The van der Waals surface area contributed by atoms with E-state index in [9.17, 15) is 23.1 Å². The zero-order valence-electron chi connectivity index (χ0n) is 11.1. The number of hydrogen-bond acceptors (Lipinski definition) is 2. The molecule has 0 amide bonds. The van der Waals surface area contributed by atoms with Crippen molar-refractivity contribution in [2.45, 2.75) is 38.0 Å². The van der Waals surface area contributed by atoms with Crippen molar-refractivity contribution in [1.29, 1.82) is 0 Å². The summed E-state index contributed by atoms with van der Waals surface area (Å²) in [6.45, 7) is 2.65. The van der Waals surface area contributed by atoms with Gasteiger partial charge in [-0.25, -0.2) is 0 Å². The number of rotatable bonds is 3. The number of hydrogen-bond donors (Lipinski definition) is 1. The zero-order chi connectivity index (χ0) is 15.0. The summed E-state index contributed by atoms with van der Waals surface area (Å²) in [7, 11) is 0. The highest BCUT2D eigenvalue weighted by molar-refractivity contribution is 5.78. The molecule has 0 bridgehead atoms. The van der Waals surface area contributed by atoms with E-state index in [0.29, 0.717) is 25.1 Å². The molecule has 6 heteroatoms. The number of carbonyl (C=O) groups is 1. The van der Waals surface area contributed by atoms with E-state index in [2.05, 4.69) is 0 Å².